The van der Waals surface area contributed by atoms with E-state index in [1.165, 1.54) is 0 Å². The molecule has 4 nitrogen and oxygen atoms in total. The van der Waals surface area contributed by atoms with Gasteiger partial charge in [0.15, 0.2) is 0 Å². The highest BCUT2D eigenvalue weighted by atomic mass is 35.5. The topological polar surface area (TPSA) is 38.1 Å². The van der Waals surface area contributed by atoms with Gasteiger partial charge in [-0.05, 0) is 55.5 Å². The van der Waals surface area contributed by atoms with Crippen molar-refractivity contribution >= 4 is 23.6 Å². The minimum atomic E-state index is 0.680. The molecule has 1 heterocycles. The molecule has 3 aromatic rings. The quantitative estimate of drug-likeness (QED) is 0.651. The Morgan fingerprint density at radius 3 is 2.42 bits per heavy atom. The van der Waals surface area contributed by atoms with Crippen molar-refractivity contribution in [1.29, 1.82) is 0 Å². The van der Waals surface area contributed by atoms with E-state index in [0.29, 0.717) is 10.6 Å². The fourth-order valence-electron chi connectivity index (χ4n) is 2.60. The maximum Gasteiger partial charge on any atom is 0.150 e. The fraction of sp³-hybridized carbons (Fsp3) is 0.158. The van der Waals surface area contributed by atoms with Crippen molar-refractivity contribution < 1.29 is 4.79 Å². The third kappa shape index (κ3) is 3.34. The molecule has 0 spiro atoms. The molecule has 0 aliphatic rings. The molecule has 0 saturated heterocycles. The Morgan fingerprint density at radius 2 is 1.79 bits per heavy atom. The van der Waals surface area contributed by atoms with Crippen LogP contribution in [-0.2, 0) is 6.54 Å². The minimum absolute atomic E-state index is 0.680. The zero-order chi connectivity index (χ0) is 17.1. The van der Waals surface area contributed by atoms with E-state index in [2.05, 4.69) is 16.9 Å². The van der Waals surface area contributed by atoms with Crippen LogP contribution in [0.25, 0.3) is 5.69 Å². The molecular formula is C19H18ClN3O. The lowest BCUT2D eigenvalue weighted by molar-refractivity contribution is 0.112. The number of hydrogen-bond acceptors (Lipinski definition) is 3. The average Bonchev–Trinajstić information content (AvgIpc) is 2.96. The molecule has 0 N–H and O–H groups in total. The van der Waals surface area contributed by atoms with Gasteiger partial charge in [-0.2, -0.15) is 5.10 Å². The van der Waals surface area contributed by atoms with Crippen molar-refractivity contribution in [2.75, 3.05) is 11.9 Å². The van der Waals surface area contributed by atoms with Crippen LogP contribution in [0.4, 0.5) is 5.69 Å². The molecule has 0 aliphatic carbocycles. The molecule has 0 radical (unpaired) electrons. The van der Waals surface area contributed by atoms with Crippen LogP contribution in [0.3, 0.4) is 0 Å². The van der Waals surface area contributed by atoms with E-state index in [-0.39, 0.29) is 0 Å². The molecule has 0 saturated carbocycles. The number of hydrogen-bond donors (Lipinski definition) is 0. The lowest BCUT2D eigenvalue weighted by Gasteiger charge is -2.19. The van der Waals surface area contributed by atoms with Crippen molar-refractivity contribution in [3.05, 3.63) is 76.6 Å². The van der Waals surface area contributed by atoms with E-state index in [0.717, 1.165) is 35.5 Å². The van der Waals surface area contributed by atoms with Crippen molar-refractivity contribution in [3.8, 4) is 5.69 Å². The number of halogens is 1. The summed E-state index contributed by atoms with van der Waals surface area (Å²) < 4.78 is 1.91. The van der Waals surface area contributed by atoms with E-state index < -0.39 is 0 Å². The first-order valence-electron chi connectivity index (χ1n) is 7.64. The second-order valence-electron chi connectivity index (χ2n) is 5.71. The summed E-state index contributed by atoms with van der Waals surface area (Å²) in [7, 11) is 2.02. The van der Waals surface area contributed by atoms with E-state index in [9.17, 15) is 4.79 Å². The number of carbonyl (C=O) groups excluding carboxylic acids is 1. The van der Waals surface area contributed by atoms with Gasteiger partial charge in [-0.1, -0.05) is 11.6 Å². The van der Waals surface area contributed by atoms with Crippen LogP contribution >= 0.6 is 11.6 Å². The Bertz CT molecular complexity index is 838. The molecule has 5 heteroatoms. The summed E-state index contributed by atoms with van der Waals surface area (Å²) in [5.41, 5.74) is 4.96. The third-order valence-electron chi connectivity index (χ3n) is 4.06. The first kappa shape index (κ1) is 16.3. The van der Waals surface area contributed by atoms with Gasteiger partial charge in [0.05, 0.1) is 11.9 Å². The van der Waals surface area contributed by atoms with Gasteiger partial charge in [-0.3, -0.25) is 4.79 Å². The first-order chi connectivity index (χ1) is 11.6. The number of nitrogens with zero attached hydrogens (tertiary/aromatic N) is 3. The SMILES string of the molecule is Cc1c(CN(C)c2ccc(C=O)cc2)cnn1-c1ccc(Cl)cc1. The molecule has 24 heavy (non-hydrogen) atoms. The molecule has 3 rings (SSSR count). The summed E-state index contributed by atoms with van der Waals surface area (Å²) >= 11 is 5.94. The monoisotopic (exact) mass is 339 g/mol. The summed E-state index contributed by atoms with van der Waals surface area (Å²) in [6, 6.07) is 15.2. The number of aldehydes is 1. The highest BCUT2D eigenvalue weighted by molar-refractivity contribution is 6.30. The van der Waals surface area contributed by atoms with E-state index in [1.807, 2.05) is 66.5 Å². The normalized spacial score (nSPS) is 10.6. The molecule has 1 aromatic heterocycles. The molecule has 0 fully saturated rings. The van der Waals surface area contributed by atoms with Gasteiger partial charge in [0.2, 0.25) is 0 Å². The van der Waals surface area contributed by atoms with Crippen LogP contribution in [0.5, 0.6) is 0 Å². The highest BCUT2D eigenvalue weighted by Crippen LogP contribution is 2.20. The first-order valence-corrected chi connectivity index (χ1v) is 8.02. The Morgan fingerprint density at radius 1 is 1.12 bits per heavy atom. The van der Waals surface area contributed by atoms with Gasteiger partial charge in [0.25, 0.3) is 0 Å². The molecule has 0 amide bonds. The molecule has 0 bridgehead atoms. The van der Waals surface area contributed by atoms with Crippen LogP contribution in [-0.4, -0.2) is 23.1 Å². The Kier molecular flexibility index (Phi) is 4.67. The third-order valence-corrected chi connectivity index (χ3v) is 4.31. The second-order valence-corrected chi connectivity index (χ2v) is 6.15. The zero-order valence-electron chi connectivity index (χ0n) is 13.6. The van der Waals surface area contributed by atoms with E-state index in [1.54, 1.807) is 0 Å². The molecule has 0 unspecified atom stereocenters. The van der Waals surface area contributed by atoms with Crippen LogP contribution in [0.1, 0.15) is 21.6 Å². The van der Waals surface area contributed by atoms with Gasteiger partial charge in [-0.15, -0.1) is 0 Å². The summed E-state index contributed by atoms with van der Waals surface area (Å²) in [6.07, 6.45) is 2.74. The predicted octanol–water partition coefficient (Wildman–Crippen LogP) is 4.28. The van der Waals surface area contributed by atoms with E-state index >= 15 is 0 Å². The Balaban J connectivity index is 1.80. The Hall–Kier alpha value is -2.59. The number of aromatic nitrogens is 2. The predicted molar refractivity (Wildman–Crippen MR) is 97.2 cm³/mol. The fourth-order valence-corrected chi connectivity index (χ4v) is 2.72. The van der Waals surface area contributed by atoms with Crippen molar-refractivity contribution in [2.24, 2.45) is 0 Å². The smallest absolute Gasteiger partial charge is 0.150 e. The molecule has 0 aliphatic heterocycles. The molecule has 0 atom stereocenters. The standard InChI is InChI=1S/C19H18ClN3O/c1-14-16(11-21-23(14)19-9-5-17(20)6-10-19)12-22(2)18-7-3-15(13-24)4-8-18/h3-11,13H,12H2,1-2H3. The van der Waals surface area contributed by atoms with Crippen LogP contribution in [0.2, 0.25) is 5.02 Å². The summed E-state index contributed by atoms with van der Waals surface area (Å²) in [5, 5.41) is 5.20. The van der Waals surface area contributed by atoms with Crippen LogP contribution < -0.4 is 4.90 Å². The Labute approximate surface area is 146 Å². The average molecular weight is 340 g/mol. The highest BCUT2D eigenvalue weighted by Gasteiger charge is 2.11. The van der Waals surface area contributed by atoms with Crippen LogP contribution in [0.15, 0.2) is 54.7 Å². The number of carbonyl (C=O) groups is 1. The van der Waals surface area contributed by atoms with Gasteiger partial charge >= 0.3 is 0 Å². The zero-order valence-corrected chi connectivity index (χ0v) is 14.4. The van der Waals surface area contributed by atoms with Gasteiger partial charge in [0, 0.05) is 41.1 Å². The molecule has 2 aromatic carbocycles. The largest absolute Gasteiger partial charge is 0.370 e. The van der Waals surface area contributed by atoms with E-state index in [4.69, 9.17) is 11.6 Å². The summed E-state index contributed by atoms with van der Waals surface area (Å²) in [5.74, 6) is 0. The number of rotatable bonds is 5. The maximum absolute atomic E-state index is 10.7. The van der Waals surface area contributed by atoms with Crippen molar-refractivity contribution in [2.45, 2.75) is 13.5 Å². The van der Waals surface area contributed by atoms with Crippen molar-refractivity contribution in [3.63, 3.8) is 0 Å². The van der Waals surface area contributed by atoms with Gasteiger partial charge < -0.3 is 4.90 Å². The lowest BCUT2D eigenvalue weighted by Crippen LogP contribution is -2.16. The number of benzene rings is 2. The molecular weight excluding hydrogens is 322 g/mol. The summed E-state index contributed by atoms with van der Waals surface area (Å²) in [6.45, 7) is 2.79. The van der Waals surface area contributed by atoms with Crippen LogP contribution in [0, 0.1) is 6.92 Å². The lowest BCUT2D eigenvalue weighted by atomic mass is 10.2. The second kappa shape index (κ2) is 6.89. The van der Waals surface area contributed by atoms with Gasteiger partial charge in [0.1, 0.15) is 6.29 Å². The van der Waals surface area contributed by atoms with Crippen molar-refractivity contribution in [1.82, 2.24) is 9.78 Å². The van der Waals surface area contributed by atoms with Gasteiger partial charge in [-0.25, -0.2) is 4.68 Å². The maximum atomic E-state index is 10.7. The summed E-state index contributed by atoms with van der Waals surface area (Å²) in [4.78, 5) is 12.9. The number of anilines is 1. The minimum Gasteiger partial charge on any atom is -0.370 e. The molecule has 122 valence electrons.